The number of alkyl halides is 1. The fraction of sp³-hybridized carbons (Fsp3) is 0.765. The lowest BCUT2D eigenvalue weighted by Gasteiger charge is -2.29. The second-order valence-corrected chi connectivity index (χ2v) is 14.5. The molecule has 258 valence electrons. The Kier molecular flexibility index (Phi) is 9.74. The molecule has 3 aliphatic carbocycles. The van der Waals surface area contributed by atoms with Gasteiger partial charge < -0.3 is 24.1 Å². The second-order valence-electron chi connectivity index (χ2n) is 14.5. The minimum absolute atomic E-state index is 0.139. The molecule has 2 aromatic heterocycles. The van der Waals surface area contributed by atoms with Gasteiger partial charge in [0.15, 0.2) is 28.8 Å². The van der Waals surface area contributed by atoms with Crippen LogP contribution in [0.15, 0.2) is 6.33 Å². The molecule has 1 aliphatic heterocycles. The van der Waals surface area contributed by atoms with E-state index in [-0.39, 0.29) is 43.1 Å². The molecule has 0 bridgehead atoms. The summed E-state index contributed by atoms with van der Waals surface area (Å²) >= 11 is 0. The Morgan fingerprint density at radius 3 is 2.34 bits per heavy atom. The van der Waals surface area contributed by atoms with Crippen molar-refractivity contribution in [1.82, 2.24) is 19.5 Å². The highest BCUT2D eigenvalue weighted by molar-refractivity contribution is 5.91. The molecule has 12 nitrogen and oxygen atoms in total. The average Bonchev–Trinajstić information content (AvgIpc) is 3.56. The summed E-state index contributed by atoms with van der Waals surface area (Å²) in [6.45, 7) is 4.60. The first-order valence-corrected chi connectivity index (χ1v) is 17.5. The van der Waals surface area contributed by atoms with Gasteiger partial charge in [-0.2, -0.15) is 9.97 Å². The summed E-state index contributed by atoms with van der Waals surface area (Å²) in [5, 5.41) is 5.89. The molecule has 3 saturated carbocycles. The number of ether oxygens (including phenoxy) is 3. The zero-order chi connectivity index (χ0) is 33.3. The number of aromatic nitrogens is 4. The lowest BCUT2D eigenvalue weighted by Crippen LogP contribution is -2.47. The van der Waals surface area contributed by atoms with Gasteiger partial charge in [-0.05, 0) is 44.4 Å². The first kappa shape index (κ1) is 33.5. The van der Waals surface area contributed by atoms with E-state index in [1.165, 1.54) is 13.3 Å². The standard InChI is InChI=1S/C34H49FN6O6/c1-20(2)31(44)45-18-23-28(46-26(43)16-22-13-9-6-10-14-22)33(3,35)34(47-23)17-24(34)41-19-37-27-29(36-4)39-32(40-30(27)41)38-25(42)15-21-11-7-5-8-12-21/h19-24,28H,5-18H2,1-4H3,(H2,36,38,39,40,42)/t23?,24?,28-,33-,34?/m1/s1. The van der Waals surface area contributed by atoms with E-state index in [2.05, 4.69) is 25.6 Å². The maximum atomic E-state index is 17.2. The van der Waals surface area contributed by atoms with Gasteiger partial charge in [-0.15, -0.1) is 0 Å². The Labute approximate surface area is 275 Å². The summed E-state index contributed by atoms with van der Waals surface area (Å²) in [5.41, 5.74) is -2.60. The number of imidazole rings is 1. The molecule has 0 radical (unpaired) electrons. The molecule has 2 N–H and O–H groups in total. The van der Waals surface area contributed by atoms with Gasteiger partial charge in [0.2, 0.25) is 11.9 Å². The van der Waals surface area contributed by atoms with Crippen molar-refractivity contribution in [1.29, 1.82) is 0 Å². The number of fused-ring (bicyclic) bond motifs is 1. The zero-order valence-electron chi connectivity index (χ0n) is 28.1. The molecular formula is C34H49FN6O6. The molecule has 4 fully saturated rings. The van der Waals surface area contributed by atoms with Crippen LogP contribution >= 0.6 is 0 Å². The fourth-order valence-electron chi connectivity index (χ4n) is 7.90. The molecule has 1 saturated heterocycles. The molecule has 0 aromatic carbocycles. The molecule has 1 amide bonds. The van der Waals surface area contributed by atoms with Gasteiger partial charge in [-0.1, -0.05) is 52.4 Å². The number of amides is 1. The van der Waals surface area contributed by atoms with Crippen LogP contribution in [0.5, 0.6) is 0 Å². The number of nitrogens with one attached hydrogen (secondary N) is 2. The summed E-state index contributed by atoms with van der Waals surface area (Å²) in [6.07, 6.45) is 11.0. The van der Waals surface area contributed by atoms with Crippen molar-refractivity contribution in [2.24, 2.45) is 17.8 Å². The van der Waals surface area contributed by atoms with E-state index >= 15 is 4.39 Å². The first-order chi connectivity index (χ1) is 22.5. The SMILES string of the molecule is CNc1nc(NC(=O)CC2CCCCC2)nc2c1ncn2C1CC12OC(COC(=O)C(C)C)[C@@H](OC(=O)CC1CCCCC1)[C@@]2(C)F. The van der Waals surface area contributed by atoms with E-state index < -0.39 is 41.5 Å². The van der Waals surface area contributed by atoms with Gasteiger partial charge in [0.25, 0.3) is 0 Å². The van der Waals surface area contributed by atoms with Crippen LogP contribution in [-0.4, -0.2) is 74.5 Å². The highest BCUT2D eigenvalue weighted by Crippen LogP contribution is 2.65. The summed E-state index contributed by atoms with van der Waals surface area (Å²) in [7, 11) is 1.71. The third-order valence-electron chi connectivity index (χ3n) is 10.7. The van der Waals surface area contributed by atoms with Crippen LogP contribution in [0.25, 0.3) is 11.2 Å². The van der Waals surface area contributed by atoms with E-state index in [4.69, 9.17) is 14.2 Å². The number of anilines is 2. The van der Waals surface area contributed by atoms with Crippen molar-refractivity contribution in [3.8, 4) is 0 Å². The van der Waals surface area contributed by atoms with E-state index in [9.17, 15) is 14.4 Å². The number of rotatable bonds is 11. The molecule has 1 spiro atoms. The number of esters is 2. The predicted octanol–water partition coefficient (Wildman–Crippen LogP) is 5.67. The van der Waals surface area contributed by atoms with Crippen LogP contribution < -0.4 is 10.6 Å². The molecule has 6 rings (SSSR count). The maximum absolute atomic E-state index is 17.2. The van der Waals surface area contributed by atoms with Crippen LogP contribution in [0.3, 0.4) is 0 Å². The van der Waals surface area contributed by atoms with E-state index in [0.717, 1.165) is 57.8 Å². The number of carbonyl (C=O) groups is 3. The van der Waals surface area contributed by atoms with Crippen molar-refractivity contribution in [2.75, 3.05) is 24.3 Å². The van der Waals surface area contributed by atoms with Crippen LogP contribution in [-0.2, 0) is 28.6 Å². The summed E-state index contributed by atoms with van der Waals surface area (Å²) in [4.78, 5) is 52.1. The molecule has 13 heteroatoms. The van der Waals surface area contributed by atoms with Crippen LogP contribution in [0.4, 0.5) is 16.2 Å². The van der Waals surface area contributed by atoms with Gasteiger partial charge in [-0.3, -0.25) is 19.7 Å². The van der Waals surface area contributed by atoms with Crippen LogP contribution in [0.2, 0.25) is 0 Å². The van der Waals surface area contributed by atoms with Crippen molar-refractivity contribution < 1.29 is 33.0 Å². The minimum atomic E-state index is -2.11. The molecule has 4 aliphatic rings. The Morgan fingerprint density at radius 1 is 1.04 bits per heavy atom. The number of carbonyl (C=O) groups excluding carboxylic acids is 3. The molecule has 3 unspecified atom stereocenters. The van der Waals surface area contributed by atoms with E-state index in [1.54, 1.807) is 31.8 Å². The number of hydrogen-bond donors (Lipinski definition) is 2. The van der Waals surface area contributed by atoms with Crippen molar-refractivity contribution in [3.05, 3.63) is 6.33 Å². The normalized spacial score (nSPS) is 29.7. The molecule has 3 heterocycles. The molecule has 47 heavy (non-hydrogen) atoms. The highest BCUT2D eigenvalue weighted by Gasteiger charge is 2.78. The van der Waals surface area contributed by atoms with Crippen LogP contribution in [0.1, 0.15) is 110 Å². The lowest BCUT2D eigenvalue weighted by molar-refractivity contribution is -0.163. The number of hydrogen-bond acceptors (Lipinski definition) is 10. The van der Waals surface area contributed by atoms with Crippen molar-refractivity contribution in [3.63, 3.8) is 0 Å². The van der Waals surface area contributed by atoms with Gasteiger partial charge in [0, 0.05) is 26.3 Å². The minimum Gasteiger partial charge on any atom is -0.463 e. The van der Waals surface area contributed by atoms with E-state index in [1.807, 2.05) is 0 Å². The second kappa shape index (κ2) is 13.6. The monoisotopic (exact) mass is 656 g/mol. The smallest absolute Gasteiger partial charge is 0.308 e. The van der Waals surface area contributed by atoms with Crippen molar-refractivity contribution in [2.45, 2.75) is 134 Å². The molecular weight excluding hydrogens is 607 g/mol. The highest BCUT2D eigenvalue weighted by atomic mass is 19.1. The molecule has 2 aromatic rings. The third kappa shape index (κ3) is 6.82. The Morgan fingerprint density at radius 2 is 1.70 bits per heavy atom. The summed E-state index contributed by atoms with van der Waals surface area (Å²) < 4.78 is 36.7. The maximum Gasteiger partial charge on any atom is 0.308 e. The Hall–Kier alpha value is -3.35. The summed E-state index contributed by atoms with van der Waals surface area (Å²) in [5.74, 6) is -0.269. The summed E-state index contributed by atoms with van der Waals surface area (Å²) in [6, 6.07) is -0.543. The van der Waals surface area contributed by atoms with Gasteiger partial charge >= 0.3 is 11.9 Å². The van der Waals surface area contributed by atoms with Gasteiger partial charge in [0.05, 0.1) is 18.3 Å². The quantitative estimate of drug-likeness (QED) is 0.290. The lowest BCUT2D eigenvalue weighted by atomic mass is 9.87. The van der Waals surface area contributed by atoms with Crippen LogP contribution in [0, 0.1) is 17.8 Å². The largest absolute Gasteiger partial charge is 0.463 e. The number of halogens is 1. The van der Waals surface area contributed by atoms with Crippen molar-refractivity contribution >= 4 is 40.8 Å². The third-order valence-corrected chi connectivity index (χ3v) is 10.7. The Balaban J connectivity index is 1.23. The van der Waals surface area contributed by atoms with Gasteiger partial charge in [0.1, 0.15) is 18.3 Å². The topological polar surface area (TPSA) is 147 Å². The fourth-order valence-corrected chi connectivity index (χ4v) is 7.90. The first-order valence-electron chi connectivity index (χ1n) is 17.5. The predicted molar refractivity (Wildman–Crippen MR) is 172 cm³/mol. The van der Waals surface area contributed by atoms with Gasteiger partial charge in [-0.25, -0.2) is 9.37 Å². The average molecular weight is 657 g/mol. The Bertz CT molecular complexity index is 1470. The number of nitrogens with zero attached hydrogens (tertiary/aromatic N) is 4. The zero-order valence-corrected chi connectivity index (χ0v) is 28.1. The molecule has 5 atom stereocenters. The van der Waals surface area contributed by atoms with E-state index in [0.29, 0.717) is 29.3 Å².